The van der Waals surface area contributed by atoms with Gasteiger partial charge in [0.2, 0.25) is 5.91 Å². The molecule has 0 radical (unpaired) electrons. The molecule has 2 unspecified atom stereocenters. The van der Waals surface area contributed by atoms with Gasteiger partial charge in [-0.2, -0.15) is 0 Å². The lowest BCUT2D eigenvalue weighted by molar-refractivity contribution is -0.117. The zero-order valence-corrected chi connectivity index (χ0v) is 20.7. The van der Waals surface area contributed by atoms with Crippen molar-refractivity contribution in [1.82, 2.24) is 0 Å². The van der Waals surface area contributed by atoms with E-state index in [1.54, 1.807) is 24.3 Å². The van der Waals surface area contributed by atoms with Crippen molar-refractivity contribution in [3.63, 3.8) is 0 Å². The van der Waals surface area contributed by atoms with Gasteiger partial charge in [-0.1, -0.05) is 29.3 Å². The van der Waals surface area contributed by atoms with Crippen molar-refractivity contribution in [2.75, 3.05) is 16.4 Å². The number of nitrogens with two attached hydrogens (primary N) is 1. The quantitative estimate of drug-likeness (QED) is 0.246. The summed E-state index contributed by atoms with van der Waals surface area (Å²) in [5.74, 6) is -2.87. The summed E-state index contributed by atoms with van der Waals surface area (Å²) in [6.45, 7) is 1.81. The van der Waals surface area contributed by atoms with Gasteiger partial charge in [0.15, 0.2) is 0 Å². The van der Waals surface area contributed by atoms with Crippen LogP contribution in [0.4, 0.5) is 21.5 Å². The molecule has 1 fully saturated rings. The maximum absolute atomic E-state index is 13.5. The molecule has 0 heterocycles. The van der Waals surface area contributed by atoms with Gasteiger partial charge >= 0.3 is 0 Å². The van der Waals surface area contributed by atoms with Crippen molar-refractivity contribution in [2.45, 2.75) is 17.2 Å². The zero-order valence-electron chi connectivity index (χ0n) is 17.6. The number of aryl methyl sites for hydroxylation is 1. The normalized spacial score (nSPS) is 18.3. The lowest BCUT2D eigenvalue weighted by atomic mass is 10.1. The van der Waals surface area contributed by atoms with E-state index in [-0.39, 0.29) is 15.6 Å². The van der Waals surface area contributed by atoms with Crippen LogP contribution in [0.25, 0.3) is 0 Å². The number of carbonyl (C=O) groups is 2. The van der Waals surface area contributed by atoms with E-state index >= 15 is 0 Å². The highest BCUT2D eigenvalue weighted by Gasteiger charge is 2.67. The van der Waals surface area contributed by atoms with E-state index in [2.05, 4.69) is 10.6 Å². The molecule has 1 aliphatic rings. The fourth-order valence-electron chi connectivity index (χ4n) is 3.79. The first-order valence-corrected chi connectivity index (χ1v) is 11.6. The fraction of sp³-hybridized carbons (Fsp3) is 0.167. The summed E-state index contributed by atoms with van der Waals surface area (Å²) < 4.78 is 12.1. The molecule has 4 N–H and O–H groups in total. The van der Waals surface area contributed by atoms with Crippen LogP contribution >= 0.6 is 46.4 Å². The molecule has 2 amide bonds. The number of alkyl halides is 2. The Bertz CT molecular complexity index is 1320. The van der Waals surface area contributed by atoms with E-state index in [4.69, 9.17) is 52.1 Å². The molecule has 1 saturated carbocycles. The summed E-state index contributed by atoms with van der Waals surface area (Å²) in [7, 11) is 0. The Kier molecular flexibility index (Phi) is 6.71. The molecule has 4 rings (SSSR count). The maximum Gasteiger partial charge on any atom is 0.257 e. The lowest BCUT2D eigenvalue weighted by Gasteiger charge is -2.12. The van der Waals surface area contributed by atoms with Crippen LogP contribution in [0.3, 0.4) is 0 Å². The molecular weight excluding hydrogens is 523 g/mol. The van der Waals surface area contributed by atoms with Gasteiger partial charge in [0.25, 0.3) is 5.91 Å². The topological polar surface area (TPSA) is 84.2 Å². The number of nitrogen functional groups attached to an aromatic ring is 1. The van der Waals surface area contributed by atoms with Crippen LogP contribution < -0.4 is 16.4 Å². The van der Waals surface area contributed by atoms with Crippen LogP contribution in [0.5, 0.6) is 0 Å². The molecule has 10 heteroatoms. The van der Waals surface area contributed by atoms with Crippen LogP contribution in [-0.2, 0) is 4.79 Å². The number of amides is 2. The molecule has 1 aliphatic carbocycles. The van der Waals surface area contributed by atoms with Gasteiger partial charge in [0.05, 0.1) is 21.5 Å². The Morgan fingerprint density at radius 2 is 1.71 bits per heavy atom. The first-order chi connectivity index (χ1) is 16.0. The Hall–Kier alpha value is -2.51. The summed E-state index contributed by atoms with van der Waals surface area (Å²) >= 11 is 24.8. The van der Waals surface area contributed by atoms with E-state index in [1.165, 1.54) is 30.3 Å². The summed E-state index contributed by atoms with van der Waals surface area (Å²) in [5, 5.41) is 5.63. The van der Waals surface area contributed by atoms with E-state index in [0.29, 0.717) is 22.6 Å². The summed E-state index contributed by atoms with van der Waals surface area (Å²) in [5.41, 5.74) is 8.74. The van der Waals surface area contributed by atoms with Crippen LogP contribution in [0.2, 0.25) is 10.0 Å². The van der Waals surface area contributed by atoms with E-state index in [9.17, 15) is 14.0 Å². The molecular formula is C24H18Cl4FN3O2. The number of halogens is 5. The number of nitrogens with one attached hydrogen (secondary N) is 2. The second-order valence-electron chi connectivity index (χ2n) is 8.02. The van der Waals surface area contributed by atoms with Gasteiger partial charge in [0.1, 0.15) is 10.2 Å². The second-order valence-corrected chi connectivity index (χ2v) is 10.3. The molecule has 176 valence electrons. The van der Waals surface area contributed by atoms with Gasteiger partial charge in [-0.05, 0) is 66.6 Å². The average molecular weight is 541 g/mol. The van der Waals surface area contributed by atoms with Crippen LogP contribution in [0.1, 0.15) is 27.4 Å². The fourth-order valence-corrected chi connectivity index (χ4v) is 5.01. The number of carbonyl (C=O) groups excluding carboxylic acids is 2. The molecule has 0 saturated heterocycles. The zero-order chi connectivity index (χ0) is 24.8. The Labute approximate surface area is 215 Å². The third-order valence-electron chi connectivity index (χ3n) is 5.62. The summed E-state index contributed by atoms with van der Waals surface area (Å²) in [6.07, 6.45) is 0. The Morgan fingerprint density at radius 3 is 2.38 bits per heavy atom. The van der Waals surface area contributed by atoms with Crippen molar-refractivity contribution in [2.24, 2.45) is 5.92 Å². The molecule has 34 heavy (non-hydrogen) atoms. The van der Waals surface area contributed by atoms with Crippen molar-refractivity contribution in [3.8, 4) is 0 Å². The van der Waals surface area contributed by atoms with Crippen LogP contribution in [0, 0.1) is 18.7 Å². The van der Waals surface area contributed by atoms with Crippen molar-refractivity contribution in [3.05, 3.63) is 87.2 Å². The Balaban J connectivity index is 1.51. The molecule has 0 aliphatic heterocycles. The van der Waals surface area contributed by atoms with E-state index in [0.717, 1.165) is 5.56 Å². The molecule has 0 aromatic heterocycles. The maximum atomic E-state index is 13.5. The predicted molar refractivity (Wildman–Crippen MR) is 136 cm³/mol. The lowest BCUT2D eigenvalue weighted by Crippen LogP contribution is -2.18. The molecule has 3 aromatic rings. The molecule has 3 aromatic carbocycles. The highest BCUT2D eigenvalue weighted by molar-refractivity contribution is 6.53. The van der Waals surface area contributed by atoms with Crippen molar-refractivity contribution in [1.29, 1.82) is 0 Å². The second kappa shape index (κ2) is 9.27. The standard InChI is InChI=1S/C24H18Cl4FN3O2/c1-11-8-13(30)3-7-19(11)32-22(33)15-10-14(4-5-16(15)25)31-23(34)21-20(24(21,27)28)12-2-6-18(29)17(26)9-12/h2-10,20-21H,30H2,1H3,(H,31,34)(H,32,33). The molecule has 0 spiro atoms. The Morgan fingerprint density at radius 1 is 0.971 bits per heavy atom. The molecule has 2 atom stereocenters. The number of hydrogen-bond donors (Lipinski definition) is 3. The number of hydrogen-bond acceptors (Lipinski definition) is 3. The van der Waals surface area contributed by atoms with Gasteiger partial charge in [0, 0.05) is 23.0 Å². The first-order valence-electron chi connectivity index (χ1n) is 10.1. The minimum Gasteiger partial charge on any atom is -0.399 e. The van der Waals surface area contributed by atoms with Crippen molar-refractivity contribution >= 4 is 75.3 Å². The largest absolute Gasteiger partial charge is 0.399 e. The predicted octanol–water partition coefficient (Wildman–Crippen LogP) is 6.80. The molecule has 0 bridgehead atoms. The van der Waals surface area contributed by atoms with E-state index < -0.39 is 33.8 Å². The summed E-state index contributed by atoms with van der Waals surface area (Å²) in [4.78, 5) is 25.8. The van der Waals surface area contributed by atoms with Gasteiger partial charge in [-0.3, -0.25) is 9.59 Å². The number of benzene rings is 3. The highest BCUT2D eigenvalue weighted by Crippen LogP contribution is 2.65. The smallest absolute Gasteiger partial charge is 0.257 e. The van der Waals surface area contributed by atoms with E-state index in [1.807, 2.05) is 6.92 Å². The number of anilines is 3. The van der Waals surface area contributed by atoms with Gasteiger partial charge in [-0.15, -0.1) is 23.2 Å². The van der Waals surface area contributed by atoms with Gasteiger partial charge < -0.3 is 16.4 Å². The third kappa shape index (κ3) is 4.82. The highest BCUT2D eigenvalue weighted by atomic mass is 35.5. The number of rotatable bonds is 5. The molecule has 5 nitrogen and oxygen atoms in total. The first kappa shape index (κ1) is 24.6. The average Bonchev–Trinajstić information content (AvgIpc) is 3.35. The van der Waals surface area contributed by atoms with Crippen LogP contribution in [0.15, 0.2) is 54.6 Å². The summed E-state index contributed by atoms with van der Waals surface area (Å²) in [6, 6.07) is 13.7. The monoisotopic (exact) mass is 539 g/mol. The van der Waals surface area contributed by atoms with Crippen molar-refractivity contribution < 1.29 is 14.0 Å². The van der Waals surface area contributed by atoms with Gasteiger partial charge in [-0.25, -0.2) is 4.39 Å². The third-order valence-corrected chi connectivity index (χ3v) is 7.18. The SMILES string of the molecule is Cc1cc(N)ccc1NC(=O)c1cc(NC(=O)C2C(c3ccc(F)c(Cl)c3)C2(Cl)Cl)ccc1Cl. The van der Waals surface area contributed by atoms with Crippen LogP contribution in [-0.4, -0.2) is 16.1 Å². The minimum atomic E-state index is -1.38. The minimum absolute atomic E-state index is 0.0858.